The van der Waals surface area contributed by atoms with Gasteiger partial charge in [0.25, 0.3) is 0 Å². The predicted octanol–water partition coefficient (Wildman–Crippen LogP) is 3.78. The lowest BCUT2D eigenvalue weighted by Gasteiger charge is -2.41. The lowest BCUT2D eigenvalue weighted by atomic mass is 9.95. The smallest absolute Gasteiger partial charge is 0.119 e. The summed E-state index contributed by atoms with van der Waals surface area (Å²) in [7, 11) is 0. The molecule has 0 saturated carbocycles. The first-order valence-corrected chi connectivity index (χ1v) is 9.42. The second kappa shape index (κ2) is 8.16. The normalized spacial score (nSPS) is 24.7. The van der Waals surface area contributed by atoms with Gasteiger partial charge in [-0.3, -0.25) is 4.90 Å². The molecule has 1 atom stereocenters. The molecule has 3 nitrogen and oxygen atoms in total. The number of benzene rings is 1. The van der Waals surface area contributed by atoms with Gasteiger partial charge in [-0.2, -0.15) is 0 Å². The van der Waals surface area contributed by atoms with Gasteiger partial charge in [-0.25, -0.2) is 0 Å². The van der Waals surface area contributed by atoms with Gasteiger partial charge in [0.05, 0.1) is 6.61 Å². The van der Waals surface area contributed by atoms with Gasteiger partial charge < -0.3 is 9.64 Å². The lowest BCUT2D eigenvalue weighted by Crippen LogP contribution is -2.47. The molecule has 0 bridgehead atoms. The first-order chi connectivity index (χ1) is 11.2. The summed E-state index contributed by atoms with van der Waals surface area (Å²) in [5.74, 6) is 1.87. The third-order valence-corrected chi connectivity index (χ3v) is 5.40. The molecule has 0 N–H and O–H groups in total. The molecular weight excluding hydrogens is 284 g/mol. The van der Waals surface area contributed by atoms with E-state index in [9.17, 15) is 0 Å². The Morgan fingerprint density at radius 2 is 1.78 bits per heavy atom. The molecule has 128 valence electrons. The van der Waals surface area contributed by atoms with Crippen molar-refractivity contribution in [3.05, 3.63) is 29.8 Å². The van der Waals surface area contributed by atoms with Crippen LogP contribution in [0.5, 0.6) is 5.75 Å². The summed E-state index contributed by atoms with van der Waals surface area (Å²) in [6, 6.07) is 9.45. The molecule has 2 fully saturated rings. The van der Waals surface area contributed by atoms with Crippen molar-refractivity contribution in [1.82, 2.24) is 9.80 Å². The molecule has 0 aromatic heterocycles. The fourth-order valence-electron chi connectivity index (χ4n) is 4.12. The van der Waals surface area contributed by atoms with Gasteiger partial charge in [-0.15, -0.1) is 0 Å². The third kappa shape index (κ3) is 4.71. The Morgan fingerprint density at radius 1 is 1.04 bits per heavy atom. The molecule has 1 aromatic carbocycles. The zero-order valence-electron chi connectivity index (χ0n) is 14.8. The van der Waals surface area contributed by atoms with Gasteiger partial charge in [0.15, 0.2) is 0 Å². The standard InChI is InChI=1S/C20H32N2O/c1-3-23-20-8-6-18(7-9-20)16-21-13-10-19(11-14-21)22-12-4-5-17(2)15-22/h6-9,17,19H,3-5,10-16H2,1-2H3/t17-/m0/s1. The highest BCUT2D eigenvalue weighted by atomic mass is 16.5. The zero-order chi connectivity index (χ0) is 16.1. The van der Waals surface area contributed by atoms with Crippen molar-refractivity contribution in [2.45, 2.75) is 52.1 Å². The largest absolute Gasteiger partial charge is 0.494 e. The van der Waals surface area contributed by atoms with E-state index in [2.05, 4.69) is 41.0 Å². The summed E-state index contributed by atoms with van der Waals surface area (Å²) in [6.07, 6.45) is 5.49. The first kappa shape index (κ1) is 16.8. The SMILES string of the molecule is CCOc1ccc(CN2CCC(N3CCC[C@H](C)C3)CC2)cc1. The molecule has 2 aliphatic rings. The monoisotopic (exact) mass is 316 g/mol. The average molecular weight is 316 g/mol. The van der Waals surface area contributed by atoms with Crippen molar-refractivity contribution in [3.8, 4) is 5.75 Å². The molecule has 0 aliphatic carbocycles. The van der Waals surface area contributed by atoms with Gasteiger partial charge in [0.2, 0.25) is 0 Å². The molecule has 3 rings (SSSR count). The van der Waals surface area contributed by atoms with Gasteiger partial charge in [0, 0.05) is 19.1 Å². The van der Waals surface area contributed by atoms with E-state index in [4.69, 9.17) is 4.74 Å². The summed E-state index contributed by atoms with van der Waals surface area (Å²) in [5.41, 5.74) is 1.40. The highest BCUT2D eigenvalue weighted by Gasteiger charge is 2.27. The molecule has 0 amide bonds. The van der Waals surface area contributed by atoms with Crippen molar-refractivity contribution in [3.63, 3.8) is 0 Å². The lowest BCUT2D eigenvalue weighted by molar-refractivity contribution is 0.0729. The van der Waals surface area contributed by atoms with E-state index in [1.54, 1.807) is 0 Å². The van der Waals surface area contributed by atoms with Crippen LogP contribution in [-0.2, 0) is 6.54 Å². The topological polar surface area (TPSA) is 15.7 Å². The maximum atomic E-state index is 5.52. The van der Waals surface area contributed by atoms with Crippen LogP contribution in [0.1, 0.15) is 45.1 Å². The maximum Gasteiger partial charge on any atom is 0.119 e. The minimum atomic E-state index is 0.738. The minimum absolute atomic E-state index is 0.738. The van der Waals surface area contributed by atoms with Crippen molar-refractivity contribution in [2.24, 2.45) is 5.92 Å². The molecule has 23 heavy (non-hydrogen) atoms. The van der Waals surface area contributed by atoms with Crippen LogP contribution in [0, 0.1) is 5.92 Å². The van der Waals surface area contributed by atoms with Gasteiger partial charge in [0.1, 0.15) is 5.75 Å². The molecule has 1 aromatic rings. The average Bonchev–Trinajstić information content (AvgIpc) is 2.58. The van der Waals surface area contributed by atoms with Crippen LogP contribution in [0.25, 0.3) is 0 Å². The van der Waals surface area contributed by atoms with Crippen LogP contribution >= 0.6 is 0 Å². The highest BCUT2D eigenvalue weighted by Crippen LogP contribution is 2.24. The van der Waals surface area contributed by atoms with Crippen molar-refractivity contribution >= 4 is 0 Å². The van der Waals surface area contributed by atoms with Gasteiger partial charge >= 0.3 is 0 Å². The summed E-state index contributed by atoms with van der Waals surface area (Å²) in [6.45, 7) is 11.4. The molecule has 0 radical (unpaired) electrons. The number of likely N-dealkylation sites (tertiary alicyclic amines) is 2. The number of rotatable bonds is 5. The van der Waals surface area contributed by atoms with Crippen molar-refractivity contribution in [2.75, 3.05) is 32.8 Å². The molecule has 2 saturated heterocycles. The van der Waals surface area contributed by atoms with E-state index in [1.807, 2.05) is 6.92 Å². The summed E-state index contributed by atoms with van der Waals surface area (Å²) in [4.78, 5) is 5.38. The van der Waals surface area contributed by atoms with Crippen LogP contribution in [0.4, 0.5) is 0 Å². The molecule has 2 heterocycles. The summed E-state index contributed by atoms with van der Waals surface area (Å²) in [5, 5.41) is 0. The predicted molar refractivity (Wildman–Crippen MR) is 95.9 cm³/mol. The van der Waals surface area contributed by atoms with E-state index >= 15 is 0 Å². The van der Waals surface area contributed by atoms with Gasteiger partial charge in [-0.05, 0) is 75.9 Å². The van der Waals surface area contributed by atoms with E-state index in [-0.39, 0.29) is 0 Å². The molecular formula is C20H32N2O. The maximum absolute atomic E-state index is 5.52. The first-order valence-electron chi connectivity index (χ1n) is 9.42. The van der Waals surface area contributed by atoms with Gasteiger partial charge in [-0.1, -0.05) is 19.1 Å². The highest BCUT2D eigenvalue weighted by molar-refractivity contribution is 5.27. The van der Waals surface area contributed by atoms with Crippen LogP contribution < -0.4 is 4.74 Å². The van der Waals surface area contributed by atoms with E-state index in [0.717, 1.165) is 30.9 Å². The number of ether oxygens (including phenoxy) is 1. The fraction of sp³-hybridized carbons (Fsp3) is 0.700. The summed E-state index contributed by atoms with van der Waals surface area (Å²) < 4.78 is 5.52. The van der Waals surface area contributed by atoms with Crippen LogP contribution in [0.15, 0.2) is 24.3 Å². The Kier molecular flexibility index (Phi) is 5.96. The number of hydrogen-bond donors (Lipinski definition) is 0. The zero-order valence-corrected chi connectivity index (χ0v) is 14.8. The molecule has 3 heteroatoms. The minimum Gasteiger partial charge on any atom is -0.494 e. The number of hydrogen-bond acceptors (Lipinski definition) is 3. The Balaban J connectivity index is 1.45. The fourth-order valence-corrected chi connectivity index (χ4v) is 4.12. The Bertz CT molecular complexity index is 465. The van der Waals surface area contributed by atoms with Crippen LogP contribution in [0.3, 0.4) is 0 Å². The number of nitrogens with zero attached hydrogens (tertiary/aromatic N) is 2. The quantitative estimate of drug-likeness (QED) is 0.822. The Labute approximate surface area is 141 Å². The number of piperidine rings is 2. The van der Waals surface area contributed by atoms with E-state index in [1.165, 1.54) is 57.4 Å². The van der Waals surface area contributed by atoms with Crippen LogP contribution in [0.2, 0.25) is 0 Å². The Hall–Kier alpha value is -1.06. The van der Waals surface area contributed by atoms with Crippen LogP contribution in [-0.4, -0.2) is 48.6 Å². The second-order valence-corrected chi connectivity index (χ2v) is 7.33. The van der Waals surface area contributed by atoms with Crippen molar-refractivity contribution in [1.29, 1.82) is 0 Å². The third-order valence-electron chi connectivity index (χ3n) is 5.40. The molecule has 0 unspecified atom stereocenters. The summed E-state index contributed by atoms with van der Waals surface area (Å²) >= 11 is 0. The van der Waals surface area contributed by atoms with E-state index < -0.39 is 0 Å². The molecule has 2 aliphatic heterocycles. The Morgan fingerprint density at radius 3 is 2.43 bits per heavy atom. The van der Waals surface area contributed by atoms with Crippen molar-refractivity contribution < 1.29 is 4.74 Å². The molecule has 0 spiro atoms. The van der Waals surface area contributed by atoms with E-state index in [0.29, 0.717) is 0 Å². The second-order valence-electron chi connectivity index (χ2n) is 7.33.